The zero-order chi connectivity index (χ0) is 15.6. The molecular formula is C11H8BrClN2O4S2. The number of nitrogens with one attached hydrogen (secondary N) is 1. The van der Waals surface area contributed by atoms with Gasteiger partial charge in [-0.25, -0.2) is 13.1 Å². The van der Waals surface area contributed by atoms with E-state index in [0.29, 0.717) is 0 Å². The first-order chi connectivity index (χ1) is 9.79. The Kier molecular flexibility index (Phi) is 4.99. The molecule has 6 nitrogen and oxygen atoms in total. The van der Waals surface area contributed by atoms with Gasteiger partial charge in [-0.1, -0.05) is 11.6 Å². The lowest BCUT2D eigenvalue weighted by molar-refractivity contribution is -0.384. The highest BCUT2D eigenvalue weighted by atomic mass is 79.9. The van der Waals surface area contributed by atoms with E-state index in [2.05, 4.69) is 20.7 Å². The van der Waals surface area contributed by atoms with Crippen LogP contribution in [0.1, 0.15) is 4.88 Å². The number of rotatable bonds is 5. The van der Waals surface area contributed by atoms with Crippen LogP contribution in [0.5, 0.6) is 0 Å². The molecule has 21 heavy (non-hydrogen) atoms. The van der Waals surface area contributed by atoms with E-state index in [1.54, 1.807) is 12.1 Å². The molecule has 0 aliphatic carbocycles. The van der Waals surface area contributed by atoms with Gasteiger partial charge in [0, 0.05) is 17.5 Å². The van der Waals surface area contributed by atoms with Crippen molar-refractivity contribution in [2.75, 3.05) is 0 Å². The first-order valence-corrected chi connectivity index (χ1v) is 8.94. The highest BCUT2D eigenvalue weighted by Crippen LogP contribution is 2.27. The van der Waals surface area contributed by atoms with Crippen molar-refractivity contribution in [3.63, 3.8) is 0 Å². The Morgan fingerprint density at radius 2 is 2.05 bits per heavy atom. The van der Waals surface area contributed by atoms with Gasteiger partial charge in [0.05, 0.1) is 13.6 Å². The molecule has 2 rings (SSSR count). The van der Waals surface area contributed by atoms with Crippen LogP contribution in [0.3, 0.4) is 0 Å². The van der Waals surface area contributed by atoms with Crippen molar-refractivity contribution in [1.29, 1.82) is 0 Å². The Morgan fingerprint density at radius 1 is 1.33 bits per heavy atom. The SMILES string of the molecule is O=[N+]([O-])c1cc(S(=O)(=O)NCc2ccc(Br)s2)ccc1Cl. The van der Waals surface area contributed by atoms with E-state index in [0.717, 1.165) is 14.7 Å². The topological polar surface area (TPSA) is 89.3 Å². The van der Waals surface area contributed by atoms with Crippen molar-refractivity contribution in [3.05, 3.63) is 54.1 Å². The number of halogens is 2. The summed E-state index contributed by atoms with van der Waals surface area (Å²) in [7, 11) is -3.84. The van der Waals surface area contributed by atoms with Gasteiger partial charge < -0.3 is 0 Å². The minimum Gasteiger partial charge on any atom is -0.258 e. The number of hydrogen-bond donors (Lipinski definition) is 1. The maximum atomic E-state index is 12.1. The van der Waals surface area contributed by atoms with Gasteiger partial charge in [0.2, 0.25) is 10.0 Å². The Morgan fingerprint density at radius 3 is 2.62 bits per heavy atom. The molecule has 0 radical (unpaired) electrons. The molecule has 1 heterocycles. The van der Waals surface area contributed by atoms with E-state index in [1.807, 2.05) is 0 Å². The minimum absolute atomic E-state index is 0.106. The summed E-state index contributed by atoms with van der Waals surface area (Å²) in [5, 5.41) is 10.7. The maximum Gasteiger partial charge on any atom is 0.289 e. The van der Waals surface area contributed by atoms with Gasteiger partial charge >= 0.3 is 0 Å². The van der Waals surface area contributed by atoms with Gasteiger partial charge in [0.15, 0.2) is 0 Å². The third-order valence-corrected chi connectivity index (χ3v) is 5.83. The first kappa shape index (κ1) is 16.4. The normalized spacial score (nSPS) is 11.5. The average Bonchev–Trinajstić information content (AvgIpc) is 2.82. The van der Waals surface area contributed by atoms with Crippen molar-refractivity contribution < 1.29 is 13.3 Å². The van der Waals surface area contributed by atoms with E-state index >= 15 is 0 Å². The Balaban J connectivity index is 2.23. The molecule has 1 aromatic heterocycles. The van der Waals surface area contributed by atoms with E-state index in [9.17, 15) is 18.5 Å². The second-order valence-electron chi connectivity index (χ2n) is 3.90. The molecule has 0 amide bonds. The maximum absolute atomic E-state index is 12.1. The van der Waals surface area contributed by atoms with Crippen LogP contribution in [0.4, 0.5) is 5.69 Å². The fourth-order valence-corrected chi connectivity index (χ4v) is 4.22. The molecule has 0 aliphatic heterocycles. The molecule has 1 N–H and O–H groups in total. The molecule has 0 saturated carbocycles. The third kappa shape index (κ3) is 4.01. The summed E-state index contributed by atoms with van der Waals surface area (Å²) in [4.78, 5) is 10.7. The lowest BCUT2D eigenvalue weighted by atomic mass is 10.3. The number of sulfonamides is 1. The number of hydrogen-bond acceptors (Lipinski definition) is 5. The molecule has 0 unspecified atom stereocenters. The summed E-state index contributed by atoms with van der Waals surface area (Å²) < 4.78 is 27.5. The molecule has 0 spiro atoms. The predicted molar refractivity (Wildman–Crippen MR) is 84.2 cm³/mol. The highest BCUT2D eigenvalue weighted by Gasteiger charge is 2.20. The van der Waals surface area contributed by atoms with Crippen LogP contribution < -0.4 is 4.72 Å². The predicted octanol–water partition coefficient (Wildman–Crippen LogP) is 3.55. The van der Waals surface area contributed by atoms with Gasteiger partial charge in [-0.15, -0.1) is 11.3 Å². The molecule has 0 saturated heterocycles. The monoisotopic (exact) mass is 410 g/mol. The van der Waals surface area contributed by atoms with E-state index in [-0.39, 0.29) is 16.5 Å². The fraction of sp³-hybridized carbons (Fsp3) is 0.0909. The molecule has 10 heteroatoms. The smallest absolute Gasteiger partial charge is 0.258 e. The summed E-state index contributed by atoms with van der Waals surface area (Å²) in [6.07, 6.45) is 0. The summed E-state index contributed by atoms with van der Waals surface area (Å²) in [5.74, 6) is 0. The van der Waals surface area contributed by atoms with Gasteiger partial charge in [-0.2, -0.15) is 0 Å². The van der Waals surface area contributed by atoms with Crippen LogP contribution in [0.2, 0.25) is 5.02 Å². The second-order valence-corrected chi connectivity index (χ2v) is 8.62. The molecule has 0 fully saturated rings. The number of benzene rings is 1. The van der Waals surface area contributed by atoms with Gasteiger partial charge in [0.25, 0.3) is 5.69 Å². The van der Waals surface area contributed by atoms with Crippen LogP contribution in [-0.2, 0) is 16.6 Å². The molecule has 1 aromatic carbocycles. The molecule has 112 valence electrons. The summed E-state index contributed by atoms with van der Waals surface area (Å²) in [5.41, 5.74) is -0.446. The quantitative estimate of drug-likeness (QED) is 0.602. The number of nitro groups is 1. The molecule has 0 bridgehead atoms. The Labute approximate surface area is 138 Å². The van der Waals surface area contributed by atoms with E-state index < -0.39 is 20.6 Å². The number of thiophene rings is 1. The van der Waals surface area contributed by atoms with Crippen molar-refractivity contribution >= 4 is 54.6 Å². The summed E-state index contributed by atoms with van der Waals surface area (Å²) >= 11 is 10.3. The molecule has 0 aliphatic rings. The summed E-state index contributed by atoms with van der Waals surface area (Å²) in [6.45, 7) is 0.106. The van der Waals surface area contributed by atoms with Crippen LogP contribution in [-0.4, -0.2) is 13.3 Å². The average molecular weight is 412 g/mol. The molecular weight excluding hydrogens is 404 g/mol. The summed E-state index contributed by atoms with van der Waals surface area (Å²) in [6, 6.07) is 6.94. The van der Waals surface area contributed by atoms with Crippen LogP contribution in [0.25, 0.3) is 0 Å². The van der Waals surface area contributed by atoms with Gasteiger partial charge in [0.1, 0.15) is 5.02 Å². The van der Waals surface area contributed by atoms with Crippen LogP contribution in [0, 0.1) is 10.1 Å². The van der Waals surface area contributed by atoms with Crippen molar-refractivity contribution in [2.45, 2.75) is 11.4 Å². The standard InChI is InChI=1S/C11H8BrClN2O4S2/c12-11-4-1-7(20-11)6-14-21(18,19)8-2-3-9(13)10(5-8)15(16)17/h1-5,14H,6H2. The number of nitrogens with zero attached hydrogens (tertiary/aromatic N) is 1. The van der Waals surface area contributed by atoms with Crippen molar-refractivity contribution in [2.24, 2.45) is 0 Å². The van der Waals surface area contributed by atoms with E-state index in [1.165, 1.54) is 23.5 Å². The largest absolute Gasteiger partial charge is 0.289 e. The third-order valence-electron chi connectivity index (χ3n) is 2.49. The van der Waals surface area contributed by atoms with Crippen molar-refractivity contribution in [1.82, 2.24) is 4.72 Å². The van der Waals surface area contributed by atoms with E-state index in [4.69, 9.17) is 11.6 Å². The molecule has 2 aromatic rings. The Bertz CT molecular complexity index is 791. The zero-order valence-corrected chi connectivity index (χ0v) is 14.2. The first-order valence-electron chi connectivity index (χ1n) is 5.47. The zero-order valence-electron chi connectivity index (χ0n) is 10.2. The van der Waals surface area contributed by atoms with Gasteiger partial charge in [-0.05, 0) is 40.2 Å². The van der Waals surface area contributed by atoms with Gasteiger partial charge in [-0.3, -0.25) is 10.1 Å². The lowest BCUT2D eigenvalue weighted by Gasteiger charge is -2.06. The highest BCUT2D eigenvalue weighted by molar-refractivity contribution is 9.11. The van der Waals surface area contributed by atoms with Crippen LogP contribution >= 0.6 is 38.9 Å². The van der Waals surface area contributed by atoms with Crippen LogP contribution in [0.15, 0.2) is 39.0 Å². The molecule has 0 atom stereocenters. The fourth-order valence-electron chi connectivity index (χ4n) is 1.50. The lowest BCUT2D eigenvalue weighted by Crippen LogP contribution is -2.22. The Hall–Kier alpha value is -1.000. The minimum atomic E-state index is -3.84. The second kappa shape index (κ2) is 6.41. The number of nitro benzene ring substituents is 1. The van der Waals surface area contributed by atoms with Crippen molar-refractivity contribution in [3.8, 4) is 0 Å².